The molecule has 1 N–H and O–H groups in total. The highest BCUT2D eigenvalue weighted by atomic mass is 35.5. The number of nitrogens with one attached hydrogen (secondary N) is 1. The Morgan fingerprint density at radius 3 is 2.81 bits per heavy atom. The van der Waals surface area contributed by atoms with Crippen LogP contribution in [0.4, 0.5) is 4.39 Å². The van der Waals surface area contributed by atoms with Gasteiger partial charge in [0.1, 0.15) is 5.82 Å². The van der Waals surface area contributed by atoms with Crippen molar-refractivity contribution in [3.8, 4) is 0 Å². The molecule has 0 aromatic heterocycles. The second-order valence-electron chi connectivity index (χ2n) is 3.51. The van der Waals surface area contributed by atoms with E-state index in [0.29, 0.717) is 16.5 Å². The Balaban J connectivity index is 2.72. The molecule has 0 heterocycles. The van der Waals surface area contributed by atoms with Gasteiger partial charge in [0.15, 0.2) is 0 Å². The van der Waals surface area contributed by atoms with Crippen molar-refractivity contribution in [2.24, 2.45) is 0 Å². The van der Waals surface area contributed by atoms with E-state index in [1.807, 2.05) is 19.2 Å². The van der Waals surface area contributed by atoms with Gasteiger partial charge in [-0.25, -0.2) is 4.39 Å². The molecule has 1 aromatic carbocycles. The van der Waals surface area contributed by atoms with Gasteiger partial charge in [-0.1, -0.05) is 24.2 Å². The molecule has 0 amide bonds. The Morgan fingerprint density at radius 2 is 2.31 bits per heavy atom. The van der Waals surface area contributed by atoms with Crippen molar-refractivity contribution in [1.29, 1.82) is 0 Å². The minimum atomic E-state index is -0.177. The standard InChI is InChI=1S/C12H15ClFNS/c1-8(13)7-15-9(2)10-4-5-12(16-3)11(14)6-10/h4-6,9,15H,1,7H2,2-3H3. The van der Waals surface area contributed by atoms with Crippen LogP contribution in [0.5, 0.6) is 0 Å². The largest absolute Gasteiger partial charge is 0.305 e. The van der Waals surface area contributed by atoms with Gasteiger partial charge in [0.05, 0.1) is 0 Å². The van der Waals surface area contributed by atoms with Crippen LogP contribution in [0.1, 0.15) is 18.5 Å². The zero-order chi connectivity index (χ0) is 12.1. The highest BCUT2D eigenvalue weighted by molar-refractivity contribution is 7.98. The average Bonchev–Trinajstić information content (AvgIpc) is 2.25. The zero-order valence-electron chi connectivity index (χ0n) is 9.39. The molecule has 0 fully saturated rings. The molecule has 1 rings (SSSR count). The van der Waals surface area contributed by atoms with Crippen LogP contribution in [0.3, 0.4) is 0 Å². The summed E-state index contributed by atoms with van der Waals surface area (Å²) in [6.45, 7) is 6.08. The third-order valence-corrected chi connectivity index (χ3v) is 3.18. The summed E-state index contributed by atoms with van der Waals surface area (Å²) >= 11 is 7.06. The maximum absolute atomic E-state index is 13.5. The lowest BCUT2D eigenvalue weighted by Crippen LogP contribution is -2.19. The summed E-state index contributed by atoms with van der Waals surface area (Å²) in [6, 6.07) is 5.33. The van der Waals surface area contributed by atoms with Crippen molar-refractivity contribution in [1.82, 2.24) is 5.32 Å². The molecule has 1 aromatic rings. The maximum atomic E-state index is 13.5. The fourth-order valence-electron chi connectivity index (χ4n) is 1.33. The van der Waals surface area contributed by atoms with Gasteiger partial charge < -0.3 is 5.32 Å². The van der Waals surface area contributed by atoms with Crippen molar-refractivity contribution >= 4 is 23.4 Å². The minimum absolute atomic E-state index is 0.0564. The molecule has 1 unspecified atom stereocenters. The summed E-state index contributed by atoms with van der Waals surface area (Å²) in [5.41, 5.74) is 0.910. The van der Waals surface area contributed by atoms with Gasteiger partial charge in [0.25, 0.3) is 0 Å². The van der Waals surface area contributed by atoms with Crippen molar-refractivity contribution in [2.75, 3.05) is 12.8 Å². The molecular formula is C12H15ClFNS. The summed E-state index contributed by atoms with van der Waals surface area (Å²) in [5, 5.41) is 3.71. The van der Waals surface area contributed by atoms with E-state index >= 15 is 0 Å². The fourth-order valence-corrected chi connectivity index (χ4v) is 1.87. The predicted octanol–water partition coefficient (Wildman–Crippen LogP) is 3.95. The van der Waals surface area contributed by atoms with Crippen LogP contribution in [0, 0.1) is 5.82 Å². The number of hydrogen-bond donors (Lipinski definition) is 1. The molecule has 0 aliphatic carbocycles. The number of halogens is 2. The third kappa shape index (κ3) is 3.81. The van der Waals surface area contributed by atoms with Crippen molar-refractivity contribution < 1.29 is 4.39 Å². The van der Waals surface area contributed by atoms with Crippen LogP contribution < -0.4 is 5.32 Å². The maximum Gasteiger partial charge on any atom is 0.137 e. The first-order valence-electron chi connectivity index (χ1n) is 4.94. The summed E-state index contributed by atoms with van der Waals surface area (Å²) in [4.78, 5) is 0.665. The van der Waals surface area contributed by atoms with Gasteiger partial charge in [0, 0.05) is 22.5 Å². The Kier molecular flexibility index (Phi) is 5.32. The Morgan fingerprint density at radius 1 is 1.62 bits per heavy atom. The first-order chi connectivity index (χ1) is 7.54. The van der Waals surface area contributed by atoms with Crippen LogP contribution in [-0.2, 0) is 0 Å². The monoisotopic (exact) mass is 259 g/mol. The van der Waals surface area contributed by atoms with Gasteiger partial charge in [-0.2, -0.15) is 0 Å². The molecule has 16 heavy (non-hydrogen) atoms. The van der Waals surface area contributed by atoms with E-state index in [1.165, 1.54) is 11.8 Å². The molecule has 0 spiro atoms. The topological polar surface area (TPSA) is 12.0 Å². The molecule has 0 aliphatic rings. The summed E-state index contributed by atoms with van der Waals surface area (Å²) in [5.74, 6) is -0.177. The quantitative estimate of drug-likeness (QED) is 0.804. The molecule has 0 bridgehead atoms. The van der Waals surface area contributed by atoms with Crippen LogP contribution >= 0.6 is 23.4 Å². The van der Waals surface area contributed by atoms with E-state index in [-0.39, 0.29) is 11.9 Å². The summed E-state index contributed by atoms with van der Waals surface area (Å²) < 4.78 is 13.5. The second-order valence-corrected chi connectivity index (χ2v) is 4.90. The van der Waals surface area contributed by atoms with Crippen LogP contribution in [0.15, 0.2) is 34.7 Å². The van der Waals surface area contributed by atoms with Crippen molar-refractivity contribution in [2.45, 2.75) is 17.9 Å². The second kappa shape index (κ2) is 6.28. The first-order valence-corrected chi connectivity index (χ1v) is 6.55. The normalized spacial score (nSPS) is 12.5. The van der Waals surface area contributed by atoms with Gasteiger partial charge >= 0.3 is 0 Å². The lowest BCUT2D eigenvalue weighted by atomic mass is 10.1. The van der Waals surface area contributed by atoms with E-state index in [9.17, 15) is 4.39 Å². The van der Waals surface area contributed by atoms with Crippen LogP contribution in [-0.4, -0.2) is 12.8 Å². The smallest absolute Gasteiger partial charge is 0.137 e. The number of hydrogen-bond acceptors (Lipinski definition) is 2. The van der Waals surface area contributed by atoms with Gasteiger partial charge in [0.2, 0.25) is 0 Å². The van der Waals surface area contributed by atoms with E-state index in [1.54, 1.807) is 12.1 Å². The number of thioether (sulfide) groups is 1. The van der Waals surface area contributed by atoms with Crippen LogP contribution in [0.2, 0.25) is 0 Å². The average molecular weight is 260 g/mol. The molecule has 0 saturated heterocycles. The molecule has 1 atom stereocenters. The predicted molar refractivity (Wildman–Crippen MR) is 69.6 cm³/mol. The molecule has 0 radical (unpaired) electrons. The number of rotatable bonds is 5. The lowest BCUT2D eigenvalue weighted by molar-refractivity contribution is 0.579. The highest BCUT2D eigenvalue weighted by Crippen LogP contribution is 2.23. The van der Waals surface area contributed by atoms with E-state index in [0.717, 1.165) is 5.56 Å². The fraction of sp³-hybridized carbons (Fsp3) is 0.333. The first kappa shape index (κ1) is 13.6. The van der Waals surface area contributed by atoms with E-state index in [2.05, 4.69) is 11.9 Å². The molecule has 0 aliphatic heterocycles. The summed E-state index contributed by atoms with van der Waals surface area (Å²) in [6.07, 6.45) is 1.86. The molecule has 0 saturated carbocycles. The van der Waals surface area contributed by atoms with Crippen LogP contribution in [0.25, 0.3) is 0 Å². The molecule has 4 heteroatoms. The summed E-state index contributed by atoms with van der Waals surface area (Å²) in [7, 11) is 0. The zero-order valence-corrected chi connectivity index (χ0v) is 11.0. The van der Waals surface area contributed by atoms with Gasteiger partial charge in [-0.05, 0) is 30.9 Å². The number of benzene rings is 1. The van der Waals surface area contributed by atoms with Gasteiger partial charge in [-0.3, -0.25) is 0 Å². The molecule has 88 valence electrons. The van der Waals surface area contributed by atoms with Gasteiger partial charge in [-0.15, -0.1) is 11.8 Å². The third-order valence-electron chi connectivity index (χ3n) is 2.28. The Labute approximate surface area is 105 Å². The van der Waals surface area contributed by atoms with Crippen molar-refractivity contribution in [3.63, 3.8) is 0 Å². The molecule has 1 nitrogen and oxygen atoms in total. The Hall–Kier alpha value is -0.510. The van der Waals surface area contributed by atoms with E-state index in [4.69, 9.17) is 11.6 Å². The van der Waals surface area contributed by atoms with Crippen molar-refractivity contribution in [3.05, 3.63) is 41.2 Å². The minimum Gasteiger partial charge on any atom is -0.305 e. The van der Waals surface area contributed by atoms with E-state index < -0.39 is 0 Å². The lowest BCUT2D eigenvalue weighted by Gasteiger charge is -2.14. The highest BCUT2D eigenvalue weighted by Gasteiger charge is 2.08. The Bertz CT molecular complexity index is 381. The SMILES string of the molecule is C=C(Cl)CNC(C)c1ccc(SC)c(F)c1. The molecular weight excluding hydrogens is 245 g/mol.